The van der Waals surface area contributed by atoms with Crippen molar-refractivity contribution >= 4 is 20.0 Å². The Bertz CT molecular complexity index is 770. The van der Waals surface area contributed by atoms with Crippen LogP contribution in [0.1, 0.15) is 5.56 Å². The second-order valence-electron chi connectivity index (χ2n) is 4.14. The SMILES string of the molecule is O=S(=O)(Cc1ccccc1)NS(=O)(=O)c1ccccc1. The first-order chi connectivity index (χ1) is 9.39. The Balaban J connectivity index is 2.21. The van der Waals surface area contributed by atoms with Crippen molar-refractivity contribution in [3.8, 4) is 0 Å². The van der Waals surface area contributed by atoms with Crippen LogP contribution in [0.3, 0.4) is 0 Å². The molecular formula is C13H13NO4S2. The van der Waals surface area contributed by atoms with Gasteiger partial charge < -0.3 is 0 Å². The van der Waals surface area contributed by atoms with Gasteiger partial charge in [0, 0.05) is 0 Å². The Kier molecular flexibility index (Phi) is 4.22. The highest BCUT2D eigenvalue weighted by Crippen LogP contribution is 2.11. The zero-order valence-corrected chi connectivity index (χ0v) is 12.1. The molecule has 0 unspecified atom stereocenters. The maximum Gasteiger partial charge on any atom is 0.253 e. The highest BCUT2D eigenvalue weighted by molar-refractivity contribution is 8.04. The lowest BCUT2D eigenvalue weighted by Gasteiger charge is -2.07. The topological polar surface area (TPSA) is 80.3 Å². The lowest BCUT2D eigenvalue weighted by Crippen LogP contribution is -2.31. The lowest BCUT2D eigenvalue weighted by atomic mass is 10.2. The number of hydrogen-bond acceptors (Lipinski definition) is 4. The van der Waals surface area contributed by atoms with E-state index in [2.05, 4.69) is 0 Å². The van der Waals surface area contributed by atoms with Crippen molar-refractivity contribution < 1.29 is 16.8 Å². The number of benzene rings is 2. The van der Waals surface area contributed by atoms with Crippen molar-refractivity contribution in [3.63, 3.8) is 0 Å². The summed E-state index contributed by atoms with van der Waals surface area (Å²) in [4.78, 5) is -0.0864. The van der Waals surface area contributed by atoms with Gasteiger partial charge in [0.2, 0.25) is 10.0 Å². The van der Waals surface area contributed by atoms with Gasteiger partial charge in [0.1, 0.15) is 0 Å². The molecule has 0 aliphatic carbocycles. The third-order valence-electron chi connectivity index (χ3n) is 2.49. The van der Waals surface area contributed by atoms with Crippen LogP contribution in [0.15, 0.2) is 65.6 Å². The summed E-state index contributed by atoms with van der Waals surface area (Å²) < 4.78 is 49.4. The van der Waals surface area contributed by atoms with Gasteiger partial charge in [-0.15, -0.1) is 4.13 Å². The Morgan fingerprint density at radius 1 is 0.750 bits per heavy atom. The molecule has 0 spiro atoms. The van der Waals surface area contributed by atoms with E-state index in [1.54, 1.807) is 40.5 Å². The predicted molar refractivity (Wildman–Crippen MR) is 75.8 cm³/mol. The van der Waals surface area contributed by atoms with E-state index in [9.17, 15) is 16.8 Å². The molecule has 0 saturated carbocycles. The Hall–Kier alpha value is -1.70. The third-order valence-corrected chi connectivity index (χ3v) is 5.99. The molecule has 1 N–H and O–H groups in total. The number of rotatable bonds is 5. The van der Waals surface area contributed by atoms with E-state index in [1.807, 2.05) is 0 Å². The first kappa shape index (κ1) is 14.7. The van der Waals surface area contributed by atoms with Gasteiger partial charge in [0.05, 0.1) is 10.6 Å². The van der Waals surface area contributed by atoms with Crippen molar-refractivity contribution in [1.29, 1.82) is 0 Å². The van der Waals surface area contributed by atoms with Crippen molar-refractivity contribution in [3.05, 3.63) is 66.2 Å². The predicted octanol–water partition coefficient (Wildman–Crippen LogP) is 1.49. The molecule has 0 bridgehead atoms. The highest BCUT2D eigenvalue weighted by atomic mass is 32.3. The quantitative estimate of drug-likeness (QED) is 0.907. The number of sulfonamides is 2. The number of hydrogen-bond donors (Lipinski definition) is 1. The monoisotopic (exact) mass is 311 g/mol. The van der Waals surface area contributed by atoms with Gasteiger partial charge in [-0.05, 0) is 17.7 Å². The van der Waals surface area contributed by atoms with Crippen molar-refractivity contribution in [1.82, 2.24) is 4.13 Å². The summed E-state index contributed by atoms with van der Waals surface area (Å²) in [6.07, 6.45) is 0. The molecule has 2 rings (SSSR count). The first-order valence-corrected chi connectivity index (χ1v) is 8.88. The summed E-state index contributed by atoms with van der Waals surface area (Å²) in [5.41, 5.74) is 0.517. The van der Waals surface area contributed by atoms with E-state index in [0.29, 0.717) is 5.56 Å². The van der Waals surface area contributed by atoms with Gasteiger partial charge in [0.25, 0.3) is 10.0 Å². The summed E-state index contributed by atoms with van der Waals surface area (Å²) in [7, 11) is -8.05. The van der Waals surface area contributed by atoms with Crippen molar-refractivity contribution in [2.24, 2.45) is 0 Å². The van der Waals surface area contributed by atoms with Gasteiger partial charge in [-0.1, -0.05) is 48.5 Å². The molecule has 0 saturated heterocycles. The van der Waals surface area contributed by atoms with E-state index < -0.39 is 20.0 Å². The Morgan fingerprint density at radius 2 is 1.25 bits per heavy atom. The molecule has 0 radical (unpaired) electrons. The largest absolute Gasteiger partial charge is 0.253 e. The van der Waals surface area contributed by atoms with Crippen LogP contribution in [0.5, 0.6) is 0 Å². The fourth-order valence-corrected chi connectivity index (χ4v) is 4.74. The van der Waals surface area contributed by atoms with E-state index in [-0.39, 0.29) is 10.6 Å². The Labute approximate surface area is 118 Å². The van der Waals surface area contributed by atoms with Crippen molar-refractivity contribution in [2.75, 3.05) is 0 Å². The molecule has 7 heteroatoms. The van der Waals surface area contributed by atoms with E-state index >= 15 is 0 Å². The zero-order chi connectivity index (χ0) is 14.6. The smallest absolute Gasteiger partial charge is 0.211 e. The van der Waals surface area contributed by atoms with Gasteiger partial charge in [-0.3, -0.25) is 0 Å². The summed E-state index contributed by atoms with van der Waals surface area (Å²) >= 11 is 0. The van der Waals surface area contributed by atoms with Crippen LogP contribution >= 0.6 is 0 Å². The van der Waals surface area contributed by atoms with Gasteiger partial charge in [-0.2, -0.15) is 0 Å². The standard InChI is InChI=1S/C13H13NO4S2/c15-19(16,11-12-7-3-1-4-8-12)14-20(17,18)13-9-5-2-6-10-13/h1-10,14H,11H2. The van der Waals surface area contributed by atoms with E-state index in [4.69, 9.17) is 0 Å². The molecule has 106 valence electrons. The summed E-state index contributed by atoms with van der Waals surface area (Å²) in [5, 5.41) is 0. The summed E-state index contributed by atoms with van der Waals surface area (Å²) in [6, 6.07) is 15.7. The molecule has 20 heavy (non-hydrogen) atoms. The highest BCUT2D eigenvalue weighted by Gasteiger charge is 2.22. The molecule has 2 aromatic rings. The molecule has 0 aliphatic rings. The minimum absolute atomic E-state index is 0.0864. The van der Waals surface area contributed by atoms with E-state index in [1.165, 1.54) is 24.3 Å². The minimum atomic E-state index is -4.08. The molecule has 0 aliphatic heterocycles. The minimum Gasteiger partial charge on any atom is -0.211 e. The van der Waals surface area contributed by atoms with Gasteiger partial charge in [0.15, 0.2) is 0 Å². The average molecular weight is 311 g/mol. The van der Waals surface area contributed by atoms with E-state index in [0.717, 1.165) is 0 Å². The molecular weight excluding hydrogens is 298 g/mol. The van der Waals surface area contributed by atoms with Crippen LogP contribution in [0.25, 0.3) is 0 Å². The van der Waals surface area contributed by atoms with Crippen LogP contribution in [0, 0.1) is 0 Å². The van der Waals surface area contributed by atoms with Gasteiger partial charge >= 0.3 is 0 Å². The van der Waals surface area contributed by atoms with Gasteiger partial charge in [-0.25, -0.2) is 16.8 Å². The molecule has 0 amide bonds. The fourth-order valence-electron chi connectivity index (χ4n) is 1.64. The Morgan fingerprint density at radius 3 is 1.80 bits per heavy atom. The second kappa shape index (κ2) is 5.74. The lowest BCUT2D eigenvalue weighted by molar-refractivity contribution is 0.576. The second-order valence-corrected chi connectivity index (χ2v) is 7.81. The third kappa shape index (κ3) is 3.89. The first-order valence-electron chi connectivity index (χ1n) is 5.74. The average Bonchev–Trinajstić information content (AvgIpc) is 2.39. The van der Waals surface area contributed by atoms with Crippen LogP contribution < -0.4 is 4.13 Å². The molecule has 0 fully saturated rings. The summed E-state index contributed by atoms with van der Waals surface area (Å²) in [6.45, 7) is 0. The number of nitrogens with one attached hydrogen (secondary N) is 1. The zero-order valence-electron chi connectivity index (χ0n) is 10.4. The van der Waals surface area contributed by atoms with Crippen molar-refractivity contribution in [2.45, 2.75) is 10.6 Å². The molecule has 5 nitrogen and oxygen atoms in total. The maximum atomic E-state index is 11.9. The van der Waals surface area contributed by atoms with Crippen LogP contribution in [-0.4, -0.2) is 16.8 Å². The summed E-state index contributed by atoms with van der Waals surface area (Å²) in [5.74, 6) is -0.389. The van der Waals surface area contributed by atoms with Crippen LogP contribution in [-0.2, 0) is 25.8 Å². The molecule has 0 aromatic heterocycles. The maximum absolute atomic E-state index is 11.9. The molecule has 0 heterocycles. The fraction of sp³-hybridized carbons (Fsp3) is 0.0769. The molecule has 0 atom stereocenters. The van der Waals surface area contributed by atoms with Crippen LogP contribution in [0.4, 0.5) is 0 Å². The molecule has 2 aromatic carbocycles. The normalized spacial score (nSPS) is 12.2. The van der Waals surface area contributed by atoms with Crippen LogP contribution in [0.2, 0.25) is 0 Å².